The number of nitrogens with zero attached hydrogens (tertiary/aromatic N) is 2. The normalized spacial score (nSPS) is 16.6. The third kappa shape index (κ3) is 7.82. The van der Waals surface area contributed by atoms with E-state index in [1.165, 1.54) is 0 Å². The van der Waals surface area contributed by atoms with E-state index in [0.29, 0.717) is 13.2 Å². The zero-order valence-corrected chi connectivity index (χ0v) is 18.3. The second kappa shape index (κ2) is 12.1. The van der Waals surface area contributed by atoms with Gasteiger partial charge in [-0.05, 0) is 23.3 Å². The van der Waals surface area contributed by atoms with Crippen LogP contribution in [0.1, 0.15) is 22.7 Å². The Bertz CT molecular complexity index is 854. The summed E-state index contributed by atoms with van der Waals surface area (Å²) in [5.41, 5.74) is 1.25. The SMILES string of the molecule is O=C(O)COCCOCCN1CCN(C(c2ccccc2)c2ccc(C(F)(F)F)cc2)CC1. The molecule has 9 heteroatoms. The third-order valence-corrected chi connectivity index (χ3v) is 5.59. The minimum atomic E-state index is -4.35. The van der Waals surface area contributed by atoms with Crippen molar-refractivity contribution >= 4 is 5.97 Å². The molecule has 2 aromatic carbocycles. The zero-order chi connectivity index (χ0) is 23.7. The molecule has 33 heavy (non-hydrogen) atoms. The second-order valence-electron chi connectivity index (χ2n) is 7.87. The largest absolute Gasteiger partial charge is 0.480 e. The number of carboxylic acid groups (broad SMARTS) is 1. The van der Waals surface area contributed by atoms with Gasteiger partial charge in [-0.2, -0.15) is 13.2 Å². The van der Waals surface area contributed by atoms with Crippen molar-refractivity contribution < 1.29 is 32.5 Å². The Labute approximate surface area is 191 Å². The molecule has 3 rings (SSSR count). The summed E-state index contributed by atoms with van der Waals surface area (Å²) in [6, 6.07) is 15.2. The van der Waals surface area contributed by atoms with Gasteiger partial charge >= 0.3 is 12.1 Å². The number of aliphatic carboxylic acids is 1. The Kier molecular flexibility index (Phi) is 9.25. The predicted octanol–water partition coefficient (Wildman–Crippen LogP) is 3.53. The summed E-state index contributed by atoms with van der Waals surface area (Å²) < 4.78 is 49.5. The van der Waals surface area contributed by atoms with Gasteiger partial charge in [0.15, 0.2) is 0 Å². The Morgan fingerprint density at radius 3 is 2.09 bits per heavy atom. The number of alkyl halides is 3. The van der Waals surface area contributed by atoms with E-state index >= 15 is 0 Å². The summed E-state index contributed by atoms with van der Waals surface area (Å²) in [5, 5.41) is 8.51. The molecule has 1 aliphatic heterocycles. The van der Waals surface area contributed by atoms with Crippen LogP contribution in [0.25, 0.3) is 0 Å². The lowest BCUT2D eigenvalue weighted by Crippen LogP contribution is -2.48. The topological polar surface area (TPSA) is 62.2 Å². The van der Waals surface area contributed by atoms with E-state index in [1.807, 2.05) is 30.3 Å². The molecule has 180 valence electrons. The maximum atomic E-state index is 13.0. The molecule has 1 aliphatic rings. The number of carbonyl (C=O) groups is 1. The van der Waals surface area contributed by atoms with Gasteiger partial charge in [-0.1, -0.05) is 42.5 Å². The van der Waals surface area contributed by atoms with E-state index in [-0.39, 0.29) is 19.3 Å². The summed E-state index contributed by atoms with van der Waals surface area (Å²) in [5.74, 6) is -1.00. The number of hydrogen-bond acceptors (Lipinski definition) is 5. The maximum absolute atomic E-state index is 13.0. The van der Waals surface area contributed by atoms with Crippen molar-refractivity contribution in [2.75, 3.05) is 59.2 Å². The quantitative estimate of drug-likeness (QED) is 0.512. The molecule has 1 heterocycles. The molecule has 0 aromatic heterocycles. The van der Waals surface area contributed by atoms with Gasteiger partial charge in [0.25, 0.3) is 0 Å². The highest BCUT2D eigenvalue weighted by molar-refractivity contribution is 5.67. The molecule has 1 N–H and O–H groups in total. The molecule has 0 saturated carbocycles. The Morgan fingerprint density at radius 2 is 1.48 bits per heavy atom. The van der Waals surface area contributed by atoms with Gasteiger partial charge in [-0.3, -0.25) is 9.80 Å². The summed E-state index contributed by atoms with van der Waals surface area (Å²) in [4.78, 5) is 15.0. The van der Waals surface area contributed by atoms with Gasteiger partial charge < -0.3 is 14.6 Å². The first-order valence-electron chi connectivity index (χ1n) is 10.9. The van der Waals surface area contributed by atoms with Gasteiger partial charge in [0, 0.05) is 32.7 Å². The lowest BCUT2D eigenvalue weighted by Gasteiger charge is -2.39. The molecule has 0 spiro atoms. The van der Waals surface area contributed by atoms with E-state index < -0.39 is 17.7 Å². The van der Waals surface area contributed by atoms with E-state index in [2.05, 4.69) is 9.80 Å². The molecule has 0 aliphatic carbocycles. The van der Waals surface area contributed by atoms with Crippen LogP contribution in [0, 0.1) is 0 Å². The molecule has 2 aromatic rings. The molecule has 0 radical (unpaired) electrons. The van der Waals surface area contributed by atoms with Gasteiger partial charge in [-0.15, -0.1) is 0 Å². The highest BCUT2D eigenvalue weighted by Gasteiger charge is 2.31. The average Bonchev–Trinajstić information content (AvgIpc) is 2.80. The Morgan fingerprint density at radius 1 is 0.879 bits per heavy atom. The molecule has 1 fully saturated rings. The van der Waals surface area contributed by atoms with Crippen LogP contribution in [0.2, 0.25) is 0 Å². The molecule has 1 atom stereocenters. The number of rotatable bonds is 11. The first-order valence-corrected chi connectivity index (χ1v) is 10.9. The molecular formula is C24H29F3N2O4. The van der Waals surface area contributed by atoms with Crippen molar-refractivity contribution in [3.63, 3.8) is 0 Å². The number of benzene rings is 2. The highest BCUT2D eigenvalue weighted by Crippen LogP contribution is 2.33. The van der Waals surface area contributed by atoms with Crippen LogP contribution in [0.15, 0.2) is 54.6 Å². The molecule has 1 saturated heterocycles. The van der Waals surface area contributed by atoms with Crippen molar-refractivity contribution in [3.05, 3.63) is 71.3 Å². The zero-order valence-electron chi connectivity index (χ0n) is 18.3. The summed E-state index contributed by atoms with van der Waals surface area (Å²) in [6.07, 6.45) is -4.35. The lowest BCUT2D eigenvalue weighted by molar-refractivity contribution is -0.142. The lowest BCUT2D eigenvalue weighted by atomic mass is 9.95. The smallest absolute Gasteiger partial charge is 0.416 e. The van der Waals surface area contributed by atoms with Crippen molar-refractivity contribution in [1.29, 1.82) is 0 Å². The number of ether oxygens (including phenoxy) is 2. The minimum absolute atomic E-state index is 0.113. The van der Waals surface area contributed by atoms with E-state index in [4.69, 9.17) is 14.6 Å². The fourth-order valence-electron chi connectivity index (χ4n) is 3.92. The van der Waals surface area contributed by atoms with Crippen LogP contribution in [0.5, 0.6) is 0 Å². The average molecular weight is 467 g/mol. The highest BCUT2D eigenvalue weighted by atomic mass is 19.4. The number of halogens is 3. The van der Waals surface area contributed by atoms with Gasteiger partial charge in [0.2, 0.25) is 0 Å². The monoisotopic (exact) mass is 466 g/mol. The Balaban J connectivity index is 1.54. The van der Waals surface area contributed by atoms with E-state index in [9.17, 15) is 18.0 Å². The molecule has 0 bridgehead atoms. The minimum Gasteiger partial charge on any atom is -0.480 e. The van der Waals surface area contributed by atoms with Gasteiger partial charge in [0.05, 0.1) is 31.4 Å². The molecule has 1 unspecified atom stereocenters. The van der Waals surface area contributed by atoms with Crippen LogP contribution in [-0.2, 0) is 20.4 Å². The predicted molar refractivity (Wildman–Crippen MR) is 117 cm³/mol. The van der Waals surface area contributed by atoms with E-state index in [0.717, 1.165) is 56.0 Å². The van der Waals surface area contributed by atoms with Crippen LogP contribution in [0.4, 0.5) is 13.2 Å². The van der Waals surface area contributed by atoms with Crippen molar-refractivity contribution in [3.8, 4) is 0 Å². The Hall–Kier alpha value is -2.46. The van der Waals surface area contributed by atoms with Gasteiger partial charge in [-0.25, -0.2) is 4.79 Å². The molecular weight excluding hydrogens is 437 g/mol. The first-order chi connectivity index (χ1) is 15.8. The maximum Gasteiger partial charge on any atom is 0.416 e. The third-order valence-electron chi connectivity index (χ3n) is 5.59. The number of piperazine rings is 1. The number of hydrogen-bond donors (Lipinski definition) is 1. The van der Waals surface area contributed by atoms with Crippen molar-refractivity contribution in [1.82, 2.24) is 9.80 Å². The van der Waals surface area contributed by atoms with Crippen LogP contribution >= 0.6 is 0 Å². The van der Waals surface area contributed by atoms with Crippen molar-refractivity contribution in [2.45, 2.75) is 12.2 Å². The summed E-state index contributed by atoms with van der Waals surface area (Å²) in [6.45, 7) is 4.74. The fraction of sp³-hybridized carbons (Fsp3) is 0.458. The fourth-order valence-corrected chi connectivity index (χ4v) is 3.92. The first kappa shape index (κ1) is 25.2. The van der Waals surface area contributed by atoms with Crippen molar-refractivity contribution in [2.24, 2.45) is 0 Å². The van der Waals surface area contributed by atoms with Crippen LogP contribution in [0.3, 0.4) is 0 Å². The summed E-state index contributed by atoms with van der Waals surface area (Å²) >= 11 is 0. The molecule has 0 amide bonds. The second-order valence-corrected chi connectivity index (χ2v) is 7.87. The number of carboxylic acids is 1. The van der Waals surface area contributed by atoms with E-state index in [1.54, 1.807) is 12.1 Å². The standard InChI is InChI=1S/C24H29F3N2O4/c25-24(26,27)21-8-6-20(7-9-21)23(19-4-2-1-3-5-19)29-12-10-28(11-13-29)14-15-32-16-17-33-18-22(30)31/h1-9,23H,10-18H2,(H,30,31). The van der Waals surface area contributed by atoms with Gasteiger partial charge in [0.1, 0.15) is 6.61 Å². The molecule has 6 nitrogen and oxygen atoms in total. The van der Waals surface area contributed by atoms with Crippen LogP contribution < -0.4 is 0 Å². The summed E-state index contributed by atoms with van der Waals surface area (Å²) in [7, 11) is 0. The van der Waals surface area contributed by atoms with Crippen LogP contribution in [-0.4, -0.2) is 80.0 Å².